The lowest BCUT2D eigenvalue weighted by atomic mass is 10.2. The third kappa shape index (κ3) is 7.84. The van der Waals surface area contributed by atoms with Crippen molar-refractivity contribution in [2.24, 2.45) is 0 Å². The number of hydrogen-bond donors (Lipinski definition) is 2. The number of nitrogens with one attached hydrogen (secondary N) is 1. The van der Waals surface area contributed by atoms with E-state index in [1.54, 1.807) is 0 Å². The molecule has 10 heavy (non-hydrogen) atoms. The minimum Gasteiger partial charge on any atom is -0.412 e. The summed E-state index contributed by atoms with van der Waals surface area (Å²) in [5.74, 6) is 0. The van der Waals surface area contributed by atoms with Crippen molar-refractivity contribution in [3.63, 3.8) is 0 Å². The number of hydrogen-bond acceptors (Lipinski definition) is 2. The van der Waals surface area contributed by atoms with Crippen LogP contribution >= 0.6 is 0 Å². The second-order valence-electron chi connectivity index (χ2n) is 2.16. The van der Waals surface area contributed by atoms with Crippen molar-refractivity contribution in [3.8, 4) is 0 Å². The first-order valence-corrected chi connectivity index (χ1v) is 3.21. The van der Waals surface area contributed by atoms with Crippen molar-refractivity contribution in [2.75, 3.05) is 13.1 Å². The summed E-state index contributed by atoms with van der Waals surface area (Å²) in [6.45, 7) is 2.50. The lowest BCUT2D eigenvalue weighted by molar-refractivity contribution is 0.702. The minimum atomic E-state index is 0. The molecular weight excluding hydrogens is 132 g/mol. The van der Waals surface area contributed by atoms with Gasteiger partial charge in [-0.15, -0.1) is 0 Å². The molecule has 0 bridgehead atoms. The second kappa shape index (κ2) is 11.6. The van der Waals surface area contributed by atoms with Crippen LogP contribution in [-0.2, 0) is 0 Å². The van der Waals surface area contributed by atoms with Gasteiger partial charge in [-0.2, -0.15) is 0 Å². The summed E-state index contributed by atoms with van der Waals surface area (Å²) < 4.78 is 0. The van der Waals surface area contributed by atoms with Gasteiger partial charge in [0.05, 0.1) is 0 Å². The average Bonchev–Trinajstić information content (AvgIpc) is 1.90. The predicted molar refractivity (Wildman–Crippen MR) is 43.6 cm³/mol. The smallest absolute Gasteiger partial charge is 0.00489 e. The molecular formula is C6H20N2O2. The zero-order valence-corrected chi connectivity index (χ0v) is 6.45. The fourth-order valence-electron chi connectivity index (χ4n) is 0.979. The Kier molecular flexibility index (Phi) is 19.1. The van der Waals surface area contributed by atoms with Crippen LogP contribution in [0.2, 0.25) is 0 Å². The fourth-order valence-corrected chi connectivity index (χ4v) is 0.979. The Balaban J connectivity index is -0.000000163. The van der Waals surface area contributed by atoms with Gasteiger partial charge in [0, 0.05) is 0 Å². The molecule has 0 aromatic rings. The summed E-state index contributed by atoms with van der Waals surface area (Å²) in [4.78, 5) is 0. The highest BCUT2D eigenvalue weighted by Gasteiger charge is 1.94. The molecule has 1 aliphatic rings. The van der Waals surface area contributed by atoms with Gasteiger partial charge in [-0.05, 0) is 25.9 Å². The molecule has 1 aliphatic heterocycles. The molecule has 0 atom stereocenters. The van der Waals surface area contributed by atoms with Gasteiger partial charge in [-0.1, -0.05) is 12.8 Å². The van der Waals surface area contributed by atoms with Crippen LogP contribution in [0.3, 0.4) is 0 Å². The zero-order chi connectivity index (χ0) is 4.95. The first-order valence-electron chi connectivity index (χ1n) is 3.21. The monoisotopic (exact) mass is 152 g/mol. The molecule has 1 fully saturated rings. The molecule has 4 heteroatoms. The topological polar surface area (TPSA) is 110 Å². The van der Waals surface area contributed by atoms with E-state index in [1.165, 1.54) is 38.8 Å². The zero-order valence-electron chi connectivity index (χ0n) is 6.45. The Morgan fingerprint density at radius 3 is 1.50 bits per heavy atom. The summed E-state index contributed by atoms with van der Waals surface area (Å²) in [6, 6.07) is 0. The molecule has 0 radical (unpaired) electrons. The standard InChI is InChI=1S/C6H13N.H3N.2H2O/c1-2-4-6-7-5-3-1;;;/h7H,1-6H2;1H3;2*1H2. The van der Waals surface area contributed by atoms with Crippen molar-refractivity contribution in [1.82, 2.24) is 11.5 Å². The number of rotatable bonds is 0. The molecule has 1 heterocycles. The van der Waals surface area contributed by atoms with Crippen LogP contribution in [0, 0.1) is 0 Å². The van der Waals surface area contributed by atoms with Gasteiger partial charge in [0.15, 0.2) is 0 Å². The maximum absolute atomic E-state index is 3.35. The Morgan fingerprint density at radius 2 is 1.10 bits per heavy atom. The molecule has 0 aliphatic carbocycles. The van der Waals surface area contributed by atoms with E-state index in [-0.39, 0.29) is 17.1 Å². The lowest BCUT2D eigenvalue weighted by Crippen LogP contribution is -2.12. The van der Waals surface area contributed by atoms with Crippen LogP contribution in [0.1, 0.15) is 25.7 Å². The predicted octanol–water partition coefficient (Wildman–Crippen LogP) is -0.337. The average molecular weight is 152 g/mol. The van der Waals surface area contributed by atoms with E-state index in [0.717, 1.165) is 0 Å². The van der Waals surface area contributed by atoms with E-state index in [9.17, 15) is 0 Å². The van der Waals surface area contributed by atoms with Crippen molar-refractivity contribution in [2.45, 2.75) is 25.7 Å². The molecule has 0 unspecified atom stereocenters. The quantitative estimate of drug-likeness (QED) is 0.495. The van der Waals surface area contributed by atoms with Gasteiger partial charge in [-0.25, -0.2) is 0 Å². The van der Waals surface area contributed by atoms with Crippen molar-refractivity contribution in [1.29, 1.82) is 0 Å². The van der Waals surface area contributed by atoms with E-state index in [0.29, 0.717) is 0 Å². The molecule has 0 aromatic heterocycles. The molecule has 4 nitrogen and oxygen atoms in total. The van der Waals surface area contributed by atoms with Gasteiger partial charge < -0.3 is 22.4 Å². The summed E-state index contributed by atoms with van der Waals surface area (Å²) in [5, 5.41) is 3.35. The van der Waals surface area contributed by atoms with E-state index < -0.39 is 0 Å². The third-order valence-electron chi connectivity index (χ3n) is 1.46. The highest BCUT2D eigenvalue weighted by Crippen LogP contribution is 2.00. The summed E-state index contributed by atoms with van der Waals surface area (Å²) in [5.41, 5.74) is 0. The van der Waals surface area contributed by atoms with Crippen molar-refractivity contribution < 1.29 is 11.0 Å². The molecule has 1 rings (SSSR count). The summed E-state index contributed by atoms with van der Waals surface area (Å²) in [7, 11) is 0. The third-order valence-corrected chi connectivity index (χ3v) is 1.46. The van der Waals surface area contributed by atoms with Crippen LogP contribution < -0.4 is 11.5 Å². The second-order valence-corrected chi connectivity index (χ2v) is 2.16. The SMILES string of the molecule is C1CCCNCC1.N.O.O. The van der Waals surface area contributed by atoms with Gasteiger partial charge >= 0.3 is 0 Å². The molecule has 0 aromatic carbocycles. The van der Waals surface area contributed by atoms with E-state index in [2.05, 4.69) is 5.32 Å². The maximum Gasteiger partial charge on any atom is -0.00489 e. The van der Waals surface area contributed by atoms with Gasteiger partial charge in [0.1, 0.15) is 0 Å². The van der Waals surface area contributed by atoms with Gasteiger partial charge in [0.25, 0.3) is 0 Å². The molecule has 66 valence electrons. The first kappa shape index (κ1) is 16.4. The Bertz CT molecular complexity index is 33.4. The fraction of sp³-hybridized carbons (Fsp3) is 1.00. The highest BCUT2D eigenvalue weighted by atomic mass is 16.0. The van der Waals surface area contributed by atoms with Gasteiger partial charge in [-0.3, -0.25) is 0 Å². The van der Waals surface area contributed by atoms with Crippen molar-refractivity contribution in [3.05, 3.63) is 0 Å². The van der Waals surface area contributed by atoms with E-state index in [1.807, 2.05) is 0 Å². The van der Waals surface area contributed by atoms with Crippen LogP contribution in [0.15, 0.2) is 0 Å². The Morgan fingerprint density at radius 1 is 0.700 bits per heavy atom. The van der Waals surface area contributed by atoms with E-state index >= 15 is 0 Å². The van der Waals surface area contributed by atoms with Gasteiger partial charge in [0.2, 0.25) is 0 Å². The molecule has 0 spiro atoms. The van der Waals surface area contributed by atoms with Crippen LogP contribution in [-0.4, -0.2) is 24.0 Å². The largest absolute Gasteiger partial charge is 0.412 e. The van der Waals surface area contributed by atoms with Crippen LogP contribution in [0.4, 0.5) is 0 Å². The highest BCUT2D eigenvalue weighted by molar-refractivity contribution is 4.54. The molecule has 0 saturated carbocycles. The van der Waals surface area contributed by atoms with Crippen LogP contribution in [0.5, 0.6) is 0 Å². The Labute approximate surface area is 62.2 Å². The van der Waals surface area contributed by atoms with Crippen LogP contribution in [0.25, 0.3) is 0 Å². The Hall–Kier alpha value is -0.160. The minimum absolute atomic E-state index is 0. The molecule has 8 N–H and O–H groups in total. The van der Waals surface area contributed by atoms with Crippen molar-refractivity contribution >= 4 is 0 Å². The lowest BCUT2D eigenvalue weighted by Gasteiger charge is -1.91. The normalized spacial score (nSPS) is 16.8. The maximum atomic E-state index is 3.35. The molecule has 1 saturated heterocycles. The first-order chi connectivity index (χ1) is 3.50. The molecule has 0 amide bonds. The summed E-state index contributed by atoms with van der Waals surface area (Å²) in [6.07, 6.45) is 5.65. The van der Waals surface area contributed by atoms with E-state index in [4.69, 9.17) is 0 Å². The summed E-state index contributed by atoms with van der Waals surface area (Å²) >= 11 is 0.